The molecule has 1 rings (SSSR count). The zero-order chi connectivity index (χ0) is 8.97. The van der Waals surface area contributed by atoms with Crippen LogP contribution in [-0.4, -0.2) is 11.6 Å². The van der Waals surface area contributed by atoms with E-state index in [-0.39, 0.29) is 11.6 Å². The van der Waals surface area contributed by atoms with Crippen LogP contribution in [0, 0.1) is 0 Å². The molecule has 2 nitrogen and oxygen atoms in total. The topological polar surface area (TPSA) is 34.1 Å². The summed E-state index contributed by atoms with van der Waals surface area (Å²) in [5, 5.41) is 0. The highest BCUT2D eigenvalue weighted by molar-refractivity contribution is 5.93. The fourth-order valence-corrected chi connectivity index (χ4v) is 1.05. The molecule has 0 saturated carbocycles. The quantitative estimate of drug-likeness (QED) is 0.637. The molecule has 1 aliphatic rings. The maximum absolute atomic E-state index is 11.0. The average Bonchev–Trinajstić information content (AvgIpc) is 2.09. The molecular formula is C10H12O2. The lowest BCUT2D eigenvalue weighted by atomic mass is 10.0. The van der Waals surface area contributed by atoms with Gasteiger partial charge in [0.05, 0.1) is 0 Å². The lowest BCUT2D eigenvalue weighted by Gasteiger charge is -2.03. The highest BCUT2D eigenvalue weighted by atomic mass is 16.1. The van der Waals surface area contributed by atoms with Crippen molar-refractivity contribution >= 4 is 11.6 Å². The van der Waals surface area contributed by atoms with E-state index in [0.717, 1.165) is 5.57 Å². The van der Waals surface area contributed by atoms with Crippen molar-refractivity contribution in [2.75, 3.05) is 0 Å². The minimum Gasteiger partial charge on any atom is -0.299 e. The van der Waals surface area contributed by atoms with Crippen molar-refractivity contribution in [3.8, 4) is 0 Å². The minimum atomic E-state index is 0.114. The van der Waals surface area contributed by atoms with Gasteiger partial charge < -0.3 is 0 Å². The Bertz CT molecular complexity index is 259. The summed E-state index contributed by atoms with van der Waals surface area (Å²) in [5.74, 6) is 0.336. The van der Waals surface area contributed by atoms with Crippen molar-refractivity contribution in [2.45, 2.75) is 26.2 Å². The first-order valence-electron chi connectivity index (χ1n) is 4.14. The van der Waals surface area contributed by atoms with Gasteiger partial charge in [-0.2, -0.15) is 0 Å². The predicted octanol–water partition coefficient (Wildman–Crippen LogP) is 1.81. The Labute approximate surface area is 72.0 Å². The highest BCUT2D eigenvalue weighted by Crippen LogP contribution is 2.11. The van der Waals surface area contributed by atoms with Crippen LogP contribution in [0.25, 0.3) is 0 Å². The second-order valence-electron chi connectivity index (χ2n) is 2.85. The summed E-state index contributed by atoms with van der Waals surface area (Å²) in [6, 6.07) is 0. The van der Waals surface area contributed by atoms with Gasteiger partial charge in [0, 0.05) is 19.3 Å². The first-order valence-corrected chi connectivity index (χ1v) is 4.14. The molecular weight excluding hydrogens is 152 g/mol. The van der Waals surface area contributed by atoms with Crippen LogP contribution in [0.4, 0.5) is 0 Å². The molecule has 0 heterocycles. The van der Waals surface area contributed by atoms with E-state index < -0.39 is 0 Å². The molecule has 2 heteroatoms. The number of allylic oxidation sites excluding steroid dienone is 4. The van der Waals surface area contributed by atoms with Crippen molar-refractivity contribution in [2.24, 2.45) is 0 Å². The van der Waals surface area contributed by atoms with Gasteiger partial charge in [0.25, 0.3) is 0 Å². The Morgan fingerprint density at radius 3 is 2.75 bits per heavy atom. The molecule has 0 aromatic heterocycles. The highest BCUT2D eigenvalue weighted by Gasteiger charge is 2.06. The molecule has 0 atom stereocenters. The van der Waals surface area contributed by atoms with Crippen LogP contribution in [-0.2, 0) is 9.59 Å². The molecule has 0 aliphatic heterocycles. The van der Waals surface area contributed by atoms with Crippen molar-refractivity contribution in [3.05, 3.63) is 23.8 Å². The van der Waals surface area contributed by atoms with Crippen LogP contribution >= 0.6 is 0 Å². The third-order valence-electron chi connectivity index (χ3n) is 1.84. The van der Waals surface area contributed by atoms with E-state index >= 15 is 0 Å². The van der Waals surface area contributed by atoms with E-state index in [4.69, 9.17) is 0 Å². The summed E-state index contributed by atoms with van der Waals surface area (Å²) < 4.78 is 0. The van der Waals surface area contributed by atoms with Gasteiger partial charge in [0.2, 0.25) is 0 Å². The number of ketones is 2. The van der Waals surface area contributed by atoms with E-state index in [9.17, 15) is 9.59 Å². The first kappa shape index (κ1) is 8.91. The molecule has 0 amide bonds. The van der Waals surface area contributed by atoms with Gasteiger partial charge in [-0.15, -0.1) is 0 Å². The molecule has 0 saturated heterocycles. The Kier molecular flexibility index (Phi) is 2.97. The van der Waals surface area contributed by atoms with Crippen LogP contribution in [0.5, 0.6) is 0 Å². The summed E-state index contributed by atoms with van der Waals surface area (Å²) in [6.45, 7) is 1.85. The van der Waals surface area contributed by atoms with Gasteiger partial charge in [-0.05, 0) is 11.6 Å². The molecule has 64 valence electrons. The number of rotatable bonds is 3. The maximum atomic E-state index is 11.0. The number of carbonyl (C=O) groups is 2. The fraction of sp³-hybridized carbons (Fsp3) is 0.400. The SMILES string of the molecule is CCC(=O)CC1=CCC(=O)C=C1. The number of carbonyl (C=O) groups excluding carboxylic acids is 2. The normalized spacial score (nSPS) is 16.1. The Morgan fingerprint density at radius 2 is 2.25 bits per heavy atom. The molecule has 0 bridgehead atoms. The van der Waals surface area contributed by atoms with E-state index in [2.05, 4.69) is 0 Å². The molecule has 0 aromatic carbocycles. The maximum Gasteiger partial charge on any atom is 0.159 e. The third kappa shape index (κ3) is 2.46. The van der Waals surface area contributed by atoms with Gasteiger partial charge in [-0.25, -0.2) is 0 Å². The molecule has 0 unspecified atom stereocenters. The van der Waals surface area contributed by atoms with Gasteiger partial charge >= 0.3 is 0 Å². The summed E-state index contributed by atoms with van der Waals surface area (Å²) >= 11 is 0. The van der Waals surface area contributed by atoms with E-state index in [0.29, 0.717) is 19.3 Å². The van der Waals surface area contributed by atoms with E-state index in [1.165, 1.54) is 6.08 Å². The van der Waals surface area contributed by atoms with Gasteiger partial charge in [-0.1, -0.05) is 19.1 Å². The van der Waals surface area contributed by atoms with Crippen LogP contribution in [0.2, 0.25) is 0 Å². The first-order chi connectivity index (χ1) is 5.72. The monoisotopic (exact) mass is 164 g/mol. The molecule has 0 fully saturated rings. The van der Waals surface area contributed by atoms with Crippen LogP contribution < -0.4 is 0 Å². The number of hydrogen-bond acceptors (Lipinski definition) is 2. The summed E-state index contributed by atoms with van der Waals surface area (Å²) in [5.41, 5.74) is 0.974. The zero-order valence-corrected chi connectivity index (χ0v) is 7.17. The van der Waals surface area contributed by atoms with E-state index in [1.807, 2.05) is 13.0 Å². The fourth-order valence-electron chi connectivity index (χ4n) is 1.05. The Balaban J connectivity index is 2.50. The second kappa shape index (κ2) is 4.00. The largest absolute Gasteiger partial charge is 0.299 e. The average molecular weight is 164 g/mol. The van der Waals surface area contributed by atoms with Crippen LogP contribution in [0.1, 0.15) is 26.2 Å². The molecule has 0 radical (unpaired) electrons. The van der Waals surface area contributed by atoms with Gasteiger partial charge in [-0.3, -0.25) is 9.59 Å². The second-order valence-corrected chi connectivity index (χ2v) is 2.85. The number of Topliss-reactive ketones (excluding diaryl/α,β-unsaturated/α-hetero) is 1. The predicted molar refractivity (Wildman–Crippen MR) is 46.8 cm³/mol. The van der Waals surface area contributed by atoms with Crippen LogP contribution in [0.3, 0.4) is 0 Å². The molecule has 0 N–H and O–H groups in total. The zero-order valence-electron chi connectivity index (χ0n) is 7.17. The number of hydrogen-bond donors (Lipinski definition) is 0. The summed E-state index contributed by atoms with van der Waals surface area (Å²) in [6.07, 6.45) is 6.59. The van der Waals surface area contributed by atoms with Crippen molar-refractivity contribution in [1.29, 1.82) is 0 Å². The minimum absolute atomic E-state index is 0.114. The lowest BCUT2D eigenvalue weighted by Crippen LogP contribution is -2.01. The van der Waals surface area contributed by atoms with E-state index in [1.54, 1.807) is 6.08 Å². The molecule has 1 aliphatic carbocycles. The summed E-state index contributed by atoms with van der Waals surface area (Å²) in [7, 11) is 0. The summed E-state index contributed by atoms with van der Waals surface area (Å²) in [4.78, 5) is 21.7. The Morgan fingerprint density at radius 1 is 1.50 bits per heavy atom. The Hall–Kier alpha value is -1.18. The van der Waals surface area contributed by atoms with Crippen molar-refractivity contribution in [1.82, 2.24) is 0 Å². The molecule has 0 spiro atoms. The smallest absolute Gasteiger partial charge is 0.159 e. The van der Waals surface area contributed by atoms with Gasteiger partial charge in [0.15, 0.2) is 5.78 Å². The molecule has 0 aromatic rings. The standard InChI is InChI=1S/C10H12O2/c1-2-9(11)7-8-3-5-10(12)6-4-8/h3-5H,2,6-7H2,1H3. The lowest BCUT2D eigenvalue weighted by molar-refractivity contribution is -0.118. The van der Waals surface area contributed by atoms with Crippen molar-refractivity contribution in [3.63, 3.8) is 0 Å². The van der Waals surface area contributed by atoms with Gasteiger partial charge in [0.1, 0.15) is 5.78 Å². The molecule has 12 heavy (non-hydrogen) atoms. The third-order valence-corrected chi connectivity index (χ3v) is 1.84. The van der Waals surface area contributed by atoms with Crippen molar-refractivity contribution < 1.29 is 9.59 Å². The van der Waals surface area contributed by atoms with Crippen LogP contribution in [0.15, 0.2) is 23.8 Å².